The average Bonchev–Trinajstić information content (AvgIpc) is 2.83. The molecule has 1 fully saturated rings. The fourth-order valence-corrected chi connectivity index (χ4v) is 5.23. The molecular formula is C24H33N3O6S. The zero-order valence-corrected chi connectivity index (χ0v) is 20.9. The number of piperidine rings is 1. The van der Waals surface area contributed by atoms with Crippen LogP contribution >= 0.6 is 0 Å². The summed E-state index contributed by atoms with van der Waals surface area (Å²) in [7, 11) is -0.568. The number of benzene rings is 2. The molecule has 0 spiro atoms. The number of nitrogens with one attached hydrogen (secondary N) is 2. The quantitative estimate of drug-likeness (QED) is 0.522. The first-order valence-electron chi connectivity index (χ1n) is 11.3. The molecule has 1 aliphatic heterocycles. The van der Waals surface area contributed by atoms with E-state index in [1.165, 1.54) is 17.5 Å². The zero-order valence-electron chi connectivity index (χ0n) is 20.1. The maximum Gasteiger partial charge on any atom is 0.243 e. The lowest BCUT2D eigenvalue weighted by molar-refractivity contribution is -0.114. The van der Waals surface area contributed by atoms with Crippen molar-refractivity contribution in [2.45, 2.75) is 44.1 Å². The molecule has 34 heavy (non-hydrogen) atoms. The van der Waals surface area contributed by atoms with E-state index in [9.17, 15) is 13.2 Å². The van der Waals surface area contributed by atoms with E-state index >= 15 is 0 Å². The molecule has 10 heteroatoms. The summed E-state index contributed by atoms with van der Waals surface area (Å²) >= 11 is 0. The van der Waals surface area contributed by atoms with Gasteiger partial charge in [-0.3, -0.25) is 4.79 Å². The van der Waals surface area contributed by atoms with Crippen molar-refractivity contribution in [1.82, 2.24) is 4.31 Å². The Balaban J connectivity index is 1.78. The lowest BCUT2D eigenvalue weighted by atomic mass is 10.2. The predicted octanol–water partition coefficient (Wildman–Crippen LogP) is 3.72. The van der Waals surface area contributed by atoms with Crippen molar-refractivity contribution in [1.29, 1.82) is 0 Å². The number of methoxy groups -OCH3 is 2. The van der Waals surface area contributed by atoms with Gasteiger partial charge in [-0.25, -0.2) is 8.42 Å². The molecule has 1 aliphatic rings. The van der Waals surface area contributed by atoms with E-state index < -0.39 is 10.0 Å². The van der Waals surface area contributed by atoms with E-state index in [-0.39, 0.29) is 23.5 Å². The number of rotatable bonds is 10. The van der Waals surface area contributed by atoms with Crippen LogP contribution < -0.4 is 24.8 Å². The van der Waals surface area contributed by atoms with E-state index in [1.807, 2.05) is 13.8 Å². The highest BCUT2D eigenvalue weighted by Gasteiger charge is 2.27. The van der Waals surface area contributed by atoms with E-state index in [1.54, 1.807) is 37.4 Å². The van der Waals surface area contributed by atoms with Crippen molar-refractivity contribution < 1.29 is 27.4 Å². The molecule has 2 aromatic rings. The van der Waals surface area contributed by atoms with Gasteiger partial charge in [0.15, 0.2) is 0 Å². The molecule has 186 valence electrons. The Kier molecular flexibility index (Phi) is 8.62. The number of hydrogen-bond acceptors (Lipinski definition) is 7. The van der Waals surface area contributed by atoms with Crippen LogP contribution in [0.2, 0.25) is 0 Å². The second-order valence-corrected chi connectivity index (χ2v) is 10.2. The van der Waals surface area contributed by atoms with E-state index in [2.05, 4.69) is 10.6 Å². The summed E-state index contributed by atoms with van der Waals surface area (Å²) < 4.78 is 44.1. The molecule has 3 rings (SSSR count). The molecule has 0 unspecified atom stereocenters. The molecule has 0 bridgehead atoms. The molecule has 0 radical (unpaired) electrons. The van der Waals surface area contributed by atoms with Crippen molar-refractivity contribution in [2.24, 2.45) is 0 Å². The van der Waals surface area contributed by atoms with Crippen LogP contribution in [-0.4, -0.2) is 58.6 Å². The first-order chi connectivity index (χ1) is 16.2. The largest absolute Gasteiger partial charge is 0.497 e. The van der Waals surface area contributed by atoms with Crippen molar-refractivity contribution in [3.05, 3.63) is 36.4 Å². The number of carbonyl (C=O) groups is 1. The van der Waals surface area contributed by atoms with Crippen LogP contribution in [0.1, 0.15) is 33.1 Å². The lowest BCUT2D eigenvalue weighted by Gasteiger charge is -2.26. The standard InChI is InChI=1S/C24H33N3O6S/c1-17(2)33-22-11-9-19(34(29,30)27-12-6-5-7-13-27)15-21(22)25-16-24(28)26-20-10-8-18(31-3)14-23(20)32-4/h8-11,14-15,17,25H,5-7,12-13,16H2,1-4H3,(H,26,28). The van der Waals surface area contributed by atoms with Gasteiger partial charge in [-0.1, -0.05) is 6.42 Å². The van der Waals surface area contributed by atoms with Gasteiger partial charge in [0.05, 0.1) is 43.1 Å². The molecule has 0 saturated carbocycles. The lowest BCUT2D eigenvalue weighted by Crippen LogP contribution is -2.35. The highest BCUT2D eigenvalue weighted by molar-refractivity contribution is 7.89. The summed E-state index contributed by atoms with van der Waals surface area (Å²) in [5.74, 6) is 1.21. The molecular weight excluding hydrogens is 458 g/mol. The fraction of sp³-hybridized carbons (Fsp3) is 0.458. The highest BCUT2D eigenvalue weighted by Crippen LogP contribution is 2.32. The Bertz CT molecular complexity index is 1100. The second-order valence-electron chi connectivity index (χ2n) is 8.26. The molecule has 1 amide bonds. The maximum absolute atomic E-state index is 13.1. The van der Waals surface area contributed by atoms with Gasteiger partial charge in [-0.05, 0) is 57.0 Å². The molecule has 9 nitrogen and oxygen atoms in total. The average molecular weight is 492 g/mol. The minimum absolute atomic E-state index is 0.100. The number of amides is 1. The third kappa shape index (κ3) is 6.32. The third-order valence-electron chi connectivity index (χ3n) is 5.39. The van der Waals surface area contributed by atoms with Crippen LogP contribution in [0.3, 0.4) is 0 Å². The fourth-order valence-electron chi connectivity index (χ4n) is 3.69. The Hall–Kier alpha value is -2.98. The van der Waals surface area contributed by atoms with Crippen LogP contribution in [-0.2, 0) is 14.8 Å². The summed E-state index contributed by atoms with van der Waals surface area (Å²) in [4.78, 5) is 12.8. The number of sulfonamides is 1. The summed E-state index contributed by atoms with van der Waals surface area (Å²) in [6, 6.07) is 9.79. The van der Waals surface area contributed by atoms with Gasteiger partial charge < -0.3 is 24.8 Å². The topological polar surface area (TPSA) is 106 Å². The van der Waals surface area contributed by atoms with Crippen molar-refractivity contribution in [3.8, 4) is 17.2 Å². The summed E-state index contributed by atoms with van der Waals surface area (Å²) in [6.45, 7) is 4.69. The normalized spacial score (nSPS) is 14.5. The first kappa shape index (κ1) is 25.6. The van der Waals surface area contributed by atoms with Gasteiger partial charge in [-0.2, -0.15) is 4.31 Å². The molecule has 0 aliphatic carbocycles. The van der Waals surface area contributed by atoms with Gasteiger partial charge in [0.25, 0.3) is 0 Å². The molecule has 2 aromatic carbocycles. The van der Waals surface area contributed by atoms with Crippen LogP contribution in [0.4, 0.5) is 11.4 Å². The number of carbonyl (C=O) groups excluding carboxylic acids is 1. The number of nitrogens with zero attached hydrogens (tertiary/aromatic N) is 1. The Labute approximate surface area is 201 Å². The summed E-state index contributed by atoms with van der Waals surface area (Å²) in [6.07, 6.45) is 2.62. The van der Waals surface area contributed by atoms with Crippen molar-refractivity contribution >= 4 is 27.3 Å². The minimum atomic E-state index is -3.62. The second kappa shape index (κ2) is 11.4. The van der Waals surface area contributed by atoms with Crippen LogP contribution in [0.25, 0.3) is 0 Å². The van der Waals surface area contributed by atoms with Crippen molar-refractivity contribution in [3.63, 3.8) is 0 Å². The van der Waals surface area contributed by atoms with Gasteiger partial charge >= 0.3 is 0 Å². The Morgan fingerprint density at radius 1 is 0.971 bits per heavy atom. The molecule has 1 heterocycles. The van der Waals surface area contributed by atoms with Gasteiger partial charge in [-0.15, -0.1) is 0 Å². The Morgan fingerprint density at radius 2 is 1.71 bits per heavy atom. The highest BCUT2D eigenvalue weighted by atomic mass is 32.2. The van der Waals surface area contributed by atoms with E-state index in [0.29, 0.717) is 41.7 Å². The van der Waals surface area contributed by atoms with Gasteiger partial charge in [0.1, 0.15) is 17.2 Å². The van der Waals surface area contributed by atoms with Crippen LogP contribution in [0.5, 0.6) is 17.2 Å². The SMILES string of the molecule is COc1ccc(NC(=O)CNc2cc(S(=O)(=O)N3CCCCC3)ccc2OC(C)C)c(OC)c1. The minimum Gasteiger partial charge on any atom is -0.497 e. The number of hydrogen-bond donors (Lipinski definition) is 2. The Morgan fingerprint density at radius 3 is 2.35 bits per heavy atom. The predicted molar refractivity (Wildman–Crippen MR) is 131 cm³/mol. The zero-order chi connectivity index (χ0) is 24.7. The third-order valence-corrected chi connectivity index (χ3v) is 7.28. The molecule has 2 N–H and O–H groups in total. The van der Waals surface area contributed by atoms with E-state index in [4.69, 9.17) is 14.2 Å². The first-order valence-corrected chi connectivity index (χ1v) is 12.7. The maximum atomic E-state index is 13.1. The number of anilines is 2. The monoisotopic (exact) mass is 491 g/mol. The van der Waals surface area contributed by atoms with Crippen molar-refractivity contribution in [2.75, 3.05) is 44.5 Å². The summed E-state index contributed by atoms with van der Waals surface area (Å²) in [5.41, 5.74) is 0.929. The van der Waals surface area contributed by atoms with Crippen LogP contribution in [0.15, 0.2) is 41.3 Å². The summed E-state index contributed by atoms with van der Waals surface area (Å²) in [5, 5.41) is 5.82. The molecule has 0 aromatic heterocycles. The van der Waals surface area contributed by atoms with E-state index in [0.717, 1.165) is 19.3 Å². The molecule has 0 atom stereocenters. The van der Waals surface area contributed by atoms with Gasteiger partial charge in [0.2, 0.25) is 15.9 Å². The smallest absolute Gasteiger partial charge is 0.243 e. The number of ether oxygens (including phenoxy) is 3. The molecule has 1 saturated heterocycles. The van der Waals surface area contributed by atoms with Crippen LogP contribution in [0, 0.1) is 0 Å². The van der Waals surface area contributed by atoms with Gasteiger partial charge in [0, 0.05) is 19.2 Å².